The van der Waals surface area contributed by atoms with Crippen LogP contribution in [0.1, 0.15) is 26.3 Å². The molecule has 0 atom stereocenters. The summed E-state index contributed by atoms with van der Waals surface area (Å²) in [5.41, 5.74) is -0.0605. The summed E-state index contributed by atoms with van der Waals surface area (Å²) < 4.78 is 33.9. The van der Waals surface area contributed by atoms with Gasteiger partial charge >= 0.3 is 12.7 Å². The number of amides is 1. The Morgan fingerprint density at radius 2 is 2.00 bits per heavy atom. The number of hydrogen-bond donors (Lipinski definition) is 1. The fourth-order valence-corrected chi connectivity index (χ4v) is 1.46. The van der Waals surface area contributed by atoms with E-state index >= 15 is 0 Å². The maximum absolute atomic E-state index is 12.2. The van der Waals surface area contributed by atoms with Crippen LogP contribution in [0.3, 0.4) is 0 Å². The average Bonchev–Trinajstić information content (AvgIpc) is 2.33. The lowest BCUT2D eigenvalue weighted by Crippen LogP contribution is -2.32. The molecule has 0 saturated heterocycles. The average molecular weight is 299 g/mol. The molecule has 1 rings (SSSR count). The second-order valence-corrected chi connectivity index (χ2v) is 5.20. The third-order valence-electron chi connectivity index (χ3n) is 2.20. The van der Waals surface area contributed by atoms with Gasteiger partial charge in [0.1, 0.15) is 11.4 Å². The first-order valence-corrected chi connectivity index (χ1v) is 6.45. The third-order valence-corrected chi connectivity index (χ3v) is 2.20. The predicted molar refractivity (Wildman–Crippen MR) is 76.3 cm³/mol. The minimum Gasteiger partial charge on any atom is -0.444 e. The molecule has 0 bridgehead atoms. The number of nitrogens with one attached hydrogen (secondary N) is 1. The number of alkyl halides is 2. The lowest BCUT2D eigenvalue weighted by Gasteiger charge is -2.19. The van der Waals surface area contributed by atoms with Crippen LogP contribution in [0.15, 0.2) is 30.3 Å². The van der Waals surface area contributed by atoms with Gasteiger partial charge in [-0.3, -0.25) is 0 Å². The molecular weight excluding hydrogens is 280 g/mol. The van der Waals surface area contributed by atoms with Gasteiger partial charge in [-0.15, -0.1) is 0 Å². The molecule has 0 aliphatic heterocycles. The van der Waals surface area contributed by atoms with Crippen LogP contribution in [0.25, 0.3) is 6.08 Å². The van der Waals surface area contributed by atoms with E-state index < -0.39 is 18.3 Å². The number of hydrogen-bond acceptors (Lipinski definition) is 3. The van der Waals surface area contributed by atoms with Gasteiger partial charge in [0.15, 0.2) is 0 Å². The molecule has 0 saturated carbocycles. The molecule has 116 valence electrons. The molecule has 21 heavy (non-hydrogen) atoms. The molecule has 1 N–H and O–H groups in total. The van der Waals surface area contributed by atoms with Crippen molar-refractivity contribution in [2.24, 2.45) is 0 Å². The van der Waals surface area contributed by atoms with Crippen molar-refractivity contribution in [3.63, 3.8) is 0 Å². The molecular formula is C15H19F2NO3. The quantitative estimate of drug-likeness (QED) is 0.899. The SMILES string of the molecule is CC(C)(C)OC(=O)NCC=Cc1ccccc1OC(F)F. The van der Waals surface area contributed by atoms with Gasteiger partial charge in [0.2, 0.25) is 0 Å². The van der Waals surface area contributed by atoms with Gasteiger partial charge < -0.3 is 14.8 Å². The van der Waals surface area contributed by atoms with Crippen LogP contribution >= 0.6 is 0 Å². The zero-order chi connectivity index (χ0) is 15.9. The van der Waals surface area contributed by atoms with Gasteiger partial charge in [0.25, 0.3) is 0 Å². The van der Waals surface area contributed by atoms with Crippen molar-refractivity contribution in [2.75, 3.05) is 6.54 Å². The van der Waals surface area contributed by atoms with E-state index in [2.05, 4.69) is 10.1 Å². The number of halogens is 2. The molecule has 0 aliphatic carbocycles. The van der Waals surface area contributed by atoms with Crippen molar-refractivity contribution >= 4 is 12.2 Å². The second-order valence-electron chi connectivity index (χ2n) is 5.20. The van der Waals surface area contributed by atoms with E-state index in [4.69, 9.17) is 4.74 Å². The summed E-state index contributed by atoms with van der Waals surface area (Å²) in [6, 6.07) is 6.40. The molecule has 0 fully saturated rings. The van der Waals surface area contributed by atoms with E-state index in [-0.39, 0.29) is 12.3 Å². The number of alkyl carbamates (subject to hydrolysis) is 1. The fraction of sp³-hybridized carbons (Fsp3) is 0.400. The van der Waals surface area contributed by atoms with Crippen LogP contribution in [0.2, 0.25) is 0 Å². The topological polar surface area (TPSA) is 47.6 Å². The number of carbonyl (C=O) groups is 1. The Labute approximate surface area is 122 Å². The summed E-state index contributed by atoms with van der Waals surface area (Å²) in [5.74, 6) is 0.0843. The molecule has 0 heterocycles. The normalized spacial score (nSPS) is 11.7. The van der Waals surface area contributed by atoms with Gasteiger partial charge in [-0.2, -0.15) is 8.78 Å². The standard InChI is InChI=1S/C15H19F2NO3/c1-15(2,3)21-14(19)18-10-6-8-11-7-4-5-9-12(11)20-13(16)17/h4-9,13H,10H2,1-3H3,(H,18,19). The minimum atomic E-state index is -2.88. The molecule has 0 unspecified atom stereocenters. The van der Waals surface area contributed by atoms with Gasteiger partial charge in [0.05, 0.1) is 0 Å². The van der Waals surface area contributed by atoms with Crippen LogP contribution in [0, 0.1) is 0 Å². The number of benzene rings is 1. The molecule has 1 aromatic rings. The van der Waals surface area contributed by atoms with Crippen LogP contribution in [-0.4, -0.2) is 24.9 Å². The van der Waals surface area contributed by atoms with Crippen molar-refractivity contribution in [3.8, 4) is 5.75 Å². The molecule has 1 aromatic carbocycles. The van der Waals surface area contributed by atoms with E-state index in [1.54, 1.807) is 51.1 Å². The van der Waals surface area contributed by atoms with E-state index in [0.717, 1.165) is 0 Å². The number of rotatable bonds is 5. The summed E-state index contributed by atoms with van der Waals surface area (Å²) in [4.78, 5) is 11.4. The lowest BCUT2D eigenvalue weighted by molar-refractivity contribution is -0.0499. The third kappa shape index (κ3) is 7.29. The molecule has 0 aromatic heterocycles. The summed E-state index contributed by atoms with van der Waals surface area (Å²) in [6.45, 7) is 2.64. The van der Waals surface area contributed by atoms with Crippen molar-refractivity contribution in [1.82, 2.24) is 5.32 Å². The maximum atomic E-state index is 12.2. The highest BCUT2D eigenvalue weighted by molar-refractivity contribution is 5.68. The smallest absolute Gasteiger partial charge is 0.407 e. The summed E-state index contributed by atoms with van der Waals surface area (Å²) in [7, 11) is 0. The van der Waals surface area contributed by atoms with Crippen molar-refractivity contribution < 1.29 is 23.0 Å². The molecule has 4 nitrogen and oxygen atoms in total. The monoisotopic (exact) mass is 299 g/mol. The van der Waals surface area contributed by atoms with Gasteiger partial charge in [-0.05, 0) is 26.8 Å². The highest BCUT2D eigenvalue weighted by Crippen LogP contribution is 2.21. The van der Waals surface area contributed by atoms with Crippen molar-refractivity contribution in [3.05, 3.63) is 35.9 Å². The van der Waals surface area contributed by atoms with E-state index in [1.807, 2.05) is 0 Å². The minimum absolute atomic E-state index is 0.0843. The van der Waals surface area contributed by atoms with Crippen molar-refractivity contribution in [1.29, 1.82) is 0 Å². The van der Waals surface area contributed by atoms with Crippen LogP contribution in [0.5, 0.6) is 5.75 Å². The Bertz CT molecular complexity index is 496. The predicted octanol–water partition coefficient (Wildman–Crippen LogP) is 3.83. The van der Waals surface area contributed by atoms with Gasteiger partial charge in [0, 0.05) is 12.1 Å². The van der Waals surface area contributed by atoms with Crippen LogP contribution < -0.4 is 10.1 Å². The van der Waals surface area contributed by atoms with Crippen LogP contribution in [-0.2, 0) is 4.74 Å². The molecule has 0 aliphatic rings. The Kier molecular flexibility index (Phi) is 6.14. The van der Waals surface area contributed by atoms with E-state index in [0.29, 0.717) is 5.56 Å². The van der Waals surface area contributed by atoms with Crippen LogP contribution in [0.4, 0.5) is 13.6 Å². The first-order chi connectivity index (χ1) is 9.78. The first-order valence-electron chi connectivity index (χ1n) is 6.45. The highest BCUT2D eigenvalue weighted by Gasteiger charge is 2.15. The molecule has 0 radical (unpaired) electrons. The summed E-state index contributed by atoms with van der Waals surface area (Å²) >= 11 is 0. The summed E-state index contributed by atoms with van der Waals surface area (Å²) in [5, 5.41) is 2.53. The molecule has 1 amide bonds. The number of carbonyl (C=O) groups excluding carboxylic acids is 1. The maximum Gasteiger partial charge on any atom is 0.407 e. The first kappa shape index (κ1) is 16.9. The zero-order valence-electron chi connectivity index (χ0n) is 12.2. The largest absolute Gasteiger partial charge is 0.444 e. The van der Waals surface area contributed by atoms with Gasteiger partial charge in [-0.25, -0.2) is 4.79 Å². The lowest BCUT2D eigenvalue weighted by atomic mass is 10.2. The highest BCUT2D eigenvalue weighted by atomic mass is 19.3. The fourth-order valence-electron chi connectivity index (χ4n) is 1.46. The van der Waals surface area contributed by atoms with Gasteiger partial charge in [-0.1, -0.05) is 30.4 Å². The Hall–Kier alpha value is -2.11. The molecule has 6 heteroatoms. The zero-order valence-corrected chi connectivity index (χ0v) is 12.2. The number of para-hydroxylation sites is 1. The number of ether oxygens (including phenoxy) is 2. The molecule has 0 spiro atoms. The van der Waals surface area contributed by atoms with Crippen molar-refractivity contribution in [2.45, 2.75) is 33.0 Å². The van der Waals surface area contributed by atoms with E-state index in [9.17, 15) is 13.6 Å². The summed E-state index contributed by atoms with van der Waals surface area (Å²) in [6.07, 6.45) is 2.68. The Morgan fingerprint density at radius 1 is 1.33 bits per heavy atom. The van der Waals surface area contributed by atoms with E-state index in [1.165, 1.54) is 6.07 Å². The Morgan fingerprint density at radius 3 is 2.62 bits per heavy atom. The second kappa shape index (κ2) is 7.61. The Balaban J connectivity index is 2.52.